The van der Waals surface area contributed by atoms with Crippen molar-refractivity contribution in [2.45, 2.75) is 195 Å². The first kappa shape index (κ1) is 81.9. The van der Waals surface area contributed by atoms with Crippen molar-refractivity contribution in [1.29, 1.82) is 0 Å². The summed E-state index contributed by atoms with van der Waals surface area (Å²) in [7, 11) is 5.39. The Morgan fingerprint density at radius 2 is 1.30 bits per heavy atom. The lowest BCUT2D eigenvalue weighted by Gasteiger charge is -2.46. The summed E-state index contributed by atoms with van der Waals surface area (Å²) in [6.45, 7) is 8.74. The first-order valence-electron chi connectivity index (χ1n) is 34.0. The van der Waals surface area contributed by atoms with E-state index in [1.165, 1.54) is 0 Å². The highest BCUT2D eigenvalue weighted by Crippen LogP contribution is 2.38. The van der Waals surface area contributed by atoms with E-state index in [4.69, 9.17) is 18.9 Å². The standard InChI is InChI=1S/C71H110N6O20/c1-46-19-17-15-13-11-9-7-8-10-12-14-16-18-20-58(95-70-67(91)65(66(90)48(3)94-70)74-62(88)45-77-31-29-76(30-32-77)33-34-78)42-61-64(69(92)73-27-28-75(5)6)60(87)44-71(93,97-61)43-57(85)39-55(83)37-53(81)35-52(80)36-54(82)38-56(84)41-63(89)96-68(46)47(2)21-26-51(79)40-59(86)49-22-24-50(72-4)25-23-49/h7-20,22-25,46-48,51-53,55-58,60-61,64-68,70,72,78-81,83-85,87,90-91,93H,21,26-45H2,1-6H3,(H,73,92)(H,74,88). The van der Waals surface area contributed by atoms with E-state index in [1.54, 1.807) is 117 Å². The van der Waals surface area contributed by atoms with Crippen molar-refractivity contribution in [1.82, 2.24) is 25.3 Å². The molecule has 0 aliphatic carbocycles. The number of allylic oxidation sites excluding steroid dienone is 12. The Bertz CT molecular complexity index is 2770. The molecule has 2 bridgehead atoms. The van der Waals surface area contributed by atoms with E-state index in [2.05, 4.69) is 20.9 Å². The number of ether oxygens (including phenoxy) is 4. The number of hydrogen-bond acceptors (Lipinski definition) is 24. The number of nitrogens with zero attached hydrogens (tertiary/aromatic N) is 3. The van der Waals surface area contributed by atoms with Gasteiger partial charge in [0.15, 0.2) is 17.9 Å². The quantitative estimate of drug-likeness (QED) is 0.0681. The molecule has 0 saturated carbocycles. The van der Waals surface area contributed by atoms with E-state index >= 15 is 0 Å². The Morgan fingerprint density at radius 3 is 1.91 bits per heavy atom. The van der Waals surface area contributed by atoms with E-state index in [0.29, 0.717) is 51.3 Å². The number of aliphatic hydroxyl groups is 11. The van der Waals surface area contributed by atoms with Crippen LogP contribution in [0.2, 0.25) is 0 Å². The van der Waals surface area contributed by atoms with Gasteiger partial charge in [-0.3, -0.25) is 33.8 Å². The second-order valence-corrected chi connectivity index (χ2v) is 26.5. The number of anilines is 1. The summed E-state index contributed by atoms with van der Waals surface area (Å²) in [5.74, 6) is -7.13. The molecule has 97 heavy (non-hydrogen) atoms. The van der Waals surface area contributed by atoms with E-state index < -0.39 is 178 Å². The molecule has 26 nitrogen and oxygen atoms in total. The van der Waals surface area contributed by atoms with Gasteiger partial charge in [0.25, 0.3) is 0 Å². The maximum absolute atomic E-state index is 14.1. The maximum Gasteiger partial charge on any atom is 0.308 e. The molecule has 19 unspecified atom stereocenters. The average Bonchev–Trinajstić information content (AvgIpc) is 0.788. The summed E-state index contributed by atoms with van der Waals surface area (Å²) in [5.41, 5.74) is 1.30. The number of benzene rings is 1. The van der Waals surface area contributed by atoms with E-state index in [0.717, 1.165) is 5.69 Å². The van der Waals surface area contributed by atoms with Gasteiger partial charge in [-0.25, -0.2) is 0 Å². The molecule has 2 amide bonds. The van der Waals surface area contributed by atoms with Crippen molar-refractivity contribution in [2.75, 3.05) is 85.4 Å². The molecule has 0 spiro atoms. The monoisotopic (exact) mass is 1370 g/mol. The van der Waals surface area contributed by atoms with Gasteiger partial charge in [0.1, 0.15) is 24.1 Å². The molecule has 1 aromatic rings. The molecule has 544 valence electrons. The van der Waals surface area contributed by atoms with Crippen LogP contribution in [0.5, 0.6) is 0 Å². The van der Waals surface area contributed by atoms with Gasteiger partial charge in [-0.15, -0.1) is 0 Å². The predicted octanol–water partition coefficient (Wildman–Crippen LogP) is 1.11. The number of hydrogen-bond donors (Lipinski definition) is 14. The first-order valence-corrected chi connectivity index (χ1v) is 34.0. The van der Waals surface area contributed by atoms with E-state index in [1.807, 2.05) is 43.8 Å². The zero-order chi connectivity index (χ0) is 71.2. The number of nitrogens with one attached hydrogen (secondary N) is 3. The number of Topliss-reactive ketones (excluding diaryl/α,β-unsaturated/α-hetero) is 2. The second kappa shape index (κ2) is 42.4. The average molecular weight is 1370 g/mol. The highest BCUT2D eigenvalue weighted by atomic mass is 16.7. The molecule has 19 atom stereocenters. The number of esters is 1. The minimum absolute atomic E-state index is 0.0135. The molecule has 14 N–H and O–H groups in total. The molecule has 1 aromatic carbocycles. The van der Waals surface area contributed by atoms with Crippen LogP contribution < -0.4 is 16.0 Å². The summed E-state index contributed by atoms with van der Waals surface area (Å²) in [4.78, 5) is 73.0. The summed E-state index contributed by atoms with van der Waals surface area (Å²) in [6, 6.07) is 5.64. The van der Waals surface area contributed by atoms with Gasteiger partial charge < -0.3 is 96.0 Å². The summed E-state index contributed by atoms with van der Waals surface area (Å²) in [6.07, 6.45) is 1.93. The van der Waals surface area contributed by atoms with Gasteiger partial charge in [-0.2, -0.15) is 0 Å². The molecular weight excluding hydrogens is 1260 g/mol. The second-order valence-electron chi connectivity index (χ2n) is 26.5. The summed E-state index contributed by atoms with van der Waals surface area (Å²) >= 11 is 0. The van der Waals surface area contributed by atoms with Gasteiger partial charge >= 0.3 is 5.97 Å². The van der Waals surface area contributed by atoms with Crippen LogP contribution >= 0.6 is 0 Å². The van der Waals surface area contributed by atoms with Gasteiger partial charge in [-0.1, -0.05) is 98.9 Å². The van der Waals surface area contributed by atoms with Crippen LogP contribution in [0.25, 0.3) is 0 Å². The van der Waals surface area contributed by atoms with Crippen molar-refractivity contribution >= 4 is 35.0 Å². The van der Waals surface area contributed by atoms with Crippen LogP contribution in [0.1, 0.15) is 108 Å². The van der Waals surface area contributed by atoms with Crippen LogP contribution in [0.3, 0.4) is 0 Å². The number of cyclic esters (lactones) is 1. The molecular formula is C71H110N6O20. The Kier molecular flexibility index (Phi) is 35.8. The van der Waals surface area contributed by atoms with Crippen LogP contribution in [0, 0.1) is 17.8 Å². The number of rotatable bonds is 19. The molecule has 4 heterocycles. The molecule has 0 radical (unpaired) electrons. The zero-order valence-corrected chi connectivity index (χ0v) is 57.1. The SMILES string of the molecule is CNc1ccc(C(=O)CC(O)CCC(C)C2OC(=O)CC(O)CC(=O)CC(O)CC(O)CC(O)CC(O)CC3(O)CC(O)C(C(=O)NCCN(C)C)C(CC(OC4OC(C)C(O)C(NC(=O)CN5CCN(CCO)CC5)C4O)C=CC=CC=CC=CC=CC=CC=CC2C)O3)cc1. The lowest BCUT2D eigenvalue weighted by Crippen LogP contribution is -2.65. The fourth-order valence-electron chi connectivity index (χ4n) is 12.5. The topological polar surface area (TPSA) is 391 Å². The van der Waals surface area contributed by atoms with Crippen LogP contribution in [0.15, 0.2) is 109 Å². The summed E-state index contributed by atoms with van der Waals surface area (Å²) in [5, 5.41) is 131. The predicted molar refractivity (Wildman–Crippen MR) is 363 cm³/mol. The zero-order valence-electron chi connectivity index (χ0n) is 57.1. The highest BCUT2D eigenvalue weighted by Gasteiger charge is 2.51. The molecule has 3 saturated heterocycles. The van der Waals surface area contributed by atoms with E-state index in [-0.39, 0.29) is 56.6 Å². The molecule has 4 aliphatic heterocycles. The number of aliphatic hydroxyl groups excluding tert-OH is 10. The minimum atomic E-state index is -2.33. The van der Waals surface area contributed by atoms with Gasteiger partial charge in [0.05, 0.1) is 92.6 Å². The van der Waals surface area contributed by atoms with Crippen molar-refractivity contribution in [3.05, 3.63) is 115 Å². The smallest absolute Gasteiger partial charge is 0.308 e. The number of carbonyl (C=O) groups excluding carboxylic acids is 5. The minimum Gasteiger partial charge on any atom is -0.461 e. The highest BCUT2D eigenvalue weighted by molar-refractivity contribution is 5.96. The third kappa shape index (κ3) is 29.6. The molecule has 5 rings (SSSR count). The molecule has 26 heteroatoms. The van der Waals surface area contributed by atoms with E-state index in [9.17, 15) is 80.1 Å². The Labute approximate surface area is 570 Å². The fourth-order valence-corrected chi connectivity index (χ4v) is 12.5. The number of fused-ring (bicyclic) bond motifs is 2. The van der Waals surface area contributed by atoms with Gasteiger partial charge in [-0.05, 0) is 83.3 Å². The van der Waals surface area contributed by atoms with Crippen LogP contribution in [-0.4, -0.2) is 278 Å². The van der Waals surface area contributed by atoms with Gasteiger partial charge in [0.2, 0.25) is 11.8 Å². The number of β-amino-alcohol motifs (C(OH)–C–C–N with tert-alkyl or cyclic N) is 1. The molecule has 4 aliphatic rings. The Morgan fingerprint density at radius 1 is 0.722 bits per heavy atom. The van der Waals surface area contributed by atoms with Crippen molar-refractivity contribution in [3.63, 3.8) is 0 Å². The third-order valence-corrected chi connectivity index (χ3v) is 17.8. The number of carbonyl (C=O) groups is 5. The first-order chi connectivity index (χ1) is 46.1. The Hall–Kier alpha value is -5.73. The van der Waals surface area contributed by atoms with Crippen molar-refractivity contribution in [3.8, 4) is 0 Å². The largest absolute Gasteiger partial charge is 0.461 e. The third-order valence-electron chi connectivity index (χ3n) is 17.8. The lowest BCUT2D eigenvalue weighted by atomic mass is 9.82. The fraction of sp³-hybridized carbons (Fsp3) is 0.648. The van der Waals surface area contributed by atoms with Crippen LogP contribution in [0.4, 0.5) is 5.69 Å². The lowest BCUT2D eigenvalue weighted by molar-refractivity contribution is -0.307. The van der Waals surface area contributed by atoms with Gasteiger partial charge in [0, 0.05) is 109 Å². The normalized spacial score (nSPS) is 32.5. The number of amides is 2. The number of ketones is 2. The van der Waals surface area contributed by atoms with Crippen LogP contribution in [-0.2, 0) is 38.1 Å². The van der Waals surface area contributed by atoms with Crippen molar-refractivity contribution in [2.24, 2.45) is 17.8 Å². The molecule has 3 fully saturated rings. The maximum atomic E-state index is 14.1. The van der Waals surface area contributed by atoms with Crippen molar-refractivity contribution < 1.29 is 99.1 Å². The summed E-state index contributed by atoms with van der Waals surface area (Å²) < 4.78 is 24.8. The molecule has 0 aromatic heterocycles. The Balaban J connectivity index is 1.39. The number of likely N-dealkylation sites (N-methyl/N-ethyl adjacent to an activating group) is 1. The number of piperazine rings is 1.